The summed E-state index contributed by atoms with van der Waals surface area (Å²) in [5.74, 6) is -0.732. The van der Waals surface area contributed by atoms with E-state index in [2.05, 4.69) is 0 Å². The number of aldehydes is 1. The van der Waals surface area contributed by atoms with Crippen LogP contribution < -0.4 is 0 Å². The molecule has 1 N–H and O–H groups in total. The van der Waals surface area contributed by atoms with Crippen molar-refractivity contribution in [3.05, 3.63) is 0 Å². The second-order valence-corrected chi connectivity index (χ2v) is 2.73. The summed E-state index contributed by atoms with van der Waals surface area (Å²) in [7, 11) is 1.44. The van der Waals surface area contributed by atoms with Crippen molar-refractivity contribution >= 4 is 12.1 Å². The number of carbonyl (C=O) groups excluding carboxylic acids is 2. The van der Waals surface area contributed by atoms with Gasteiger partial charge in [0.2, 0.25) is 0 Å². The molecular formula is C8H14O4. The second-order valence-electron chi connectivity index (χ2n) is 2.73. The van der Waals surface area contributed by atoms with Crippen LogP contribution >= 0.6 is 0 Å². The monoisotopic (exact) mass is 174 g/mol. The smallest absolute Gasteiger partial charge is 0.132 e. The maximum absolute atomic E-state index is 10.6. The highest BCUT2D eigenvalue weighted by Gasteiger charge is 2.19. The van der Waals surface area contributed by atoms with Gasteiger partial charge in [0.15, 0.2) is 0 Å². The quantitative estimate of drug-likeness (QED) is 0.566. The maximum atomic E-state index is 10.6. The van der Waals surface area contributed by atoms with Crippen LogP contribution in [0.3, 0.4) is 0 Å². The van der Waals surface area contributed by atoms with Gasteiger partial charge in [0.25, 0.3) is 0 Å². The Bertz CT molecular complexity index is 155. The molecule has 0 rings (SSSR count). The first kappa shape index (κ1) is 11.3. The van der Waals surface area contributed by atoms with Crippen molar-refractivity contribution < 1.29 is 19.4 Å². The average Bonchev–Trinajstić information content (AvgIpc) is 1.98. The molecule has 0 aromatic rings. The number of ketones is 1. The Balaban J connectivity index is 3.92. The molecule has 0 aromatic heterocycles. The predicted molar refractivity (Wildman–Crippen MR) is 42.7 cm³/mol. The molecule has 12 heavy (non-hydrogen) atoms. The third-order valence-electron chi connectivity index (χ3n) is 1.52. The predicted octanol–water partition coefficient (Wildman–Crippen LogP) is -0.212. The van der Waals surface area contributed by atoms with Gasteiger partial charge in [-0.3, -0.25) is 4.79 Å². The van der Waals surface area contributed by atoms with Crippen molar-refractivity contribution in [1.29, 1.82) is 0 Å². The summed E-state index contributed by atoms with van der Waals surface area (Å²) in [6, 6.07) is 0. The zero-order valence-electron chi connectivity index (χ0n) is 7.32. The molecule has 0 bridgehead atoms. The van der Waals surface area contributed by atoms with E-state index >= 15 is 0 Å². The molecule has 0 aliphatic rings. The number of aliphatic hydroxyl groups is 1. The largest absolute Gasteiger partial charge is 0.392 e. The lowest BCUT2D eigenvalue weighted by Crippen LogP contribution is -2.27. The minimum atomic E-state index is -0.917. The number of rotatable bonds is 6. The Labute approximate surface area is 71.5 Å². The van der Waals surface area contributed by atoms with Crippen molar-refractivity contribution in [1.82, 2.24) is 0 Å². The van der Waals surface area contributed by atoms with Gasteiger partial charge in [-0.2, -0.15) is 0 Å². The highest BCUT2D eigenvalue weighted by molar-refractivity contribution is 5.76. The van der Waals surface area contributed by atoms with Crippen LogP contribution in [-0.4, -0.2) is 37.0 Å². The van der Waals surface area contributed by atoms with Gasteiger partial charge < -0.3 is 14.6 Å². The van der Waals surface area contributed by atoms with Gasteiger partial charge >= 0.3 is 0 Å². The molecule has 4 heteroatoms. The van der Waals surface area contributed by atoms with Crippen LogP contribution in [0.1, 0.15) is 13.3 Å². The van der Waals surface area contributed by atoms with E-state index in [0.29, 0.717) is 6.29 Å². The van der Waals surface area contributed by atoms with Crippen LogP contribution in [0.4, 0.5) is 0 Å². The number of carbonyl (C=O) groups is 2. The van der Waals surface area contributed by atoms with E-state index in [4.69, 9.17) is 4.74 Å². The van der Waals surface area contributed by atoms with Crippen molar-refractivity contribution in [3.63, 3.8) is 0 Å². The van der Waals surface area contributed by atoms with Crippen molar-refractivity contribution in [2.75, 3.05) is 13.7 Å². The summed E-state index contributed by atoms with van der Waals surface area (Å²) in [5, 5.41) is 9.28. The molecule has 0 amide bonds. The molecule has 0 aromatic carbocycles. The number of methoxy groups -OCH3 is 1. The zero-order valence-corrected chi connectivity index (χ0v) is 7.32. The normalized spacial score (nSPS) is 15.2. The first-order valence-electron chi connectivity index (χ1n) is 3.73. The molecule has 2 atom stereocenters. The summed E-state index contributed by atoms with van der Waals surface area (Å²) in [5.41, 5.74) is 0. The molecule has 2 unspecified atom stereocenters. The average molecular weight is 174 g/mol. The fourth-order valence-electron chi connectivity index (χ4n) is 0.879. The van der Waals surface area contributed by atoms with Gasteiger partial charge in [0.05, 0.1) is 18.6 Å². The van der Waals surface area contributed by atoms with E-state index in [0.717, 1.165) is 0 Å². The number of Topliss-reactive ketones (excluding diaryl/α,β-unsaturated/α-hetero) is 1. The molecule has 0 radical (unpaired) electrons. The Kier molecular flexibility index (Phi) is 5.49. The van der Waals surface area contributed by atoms with Gasteiger partial charge in [-0.25, -0.2) is 0 Å². The van der Waals surface area contributed by atoms with Crippen LogP contribution in [0.25, 0.3) is 0 Å². The Hall–Kier alpha value is -0.740. The van der Waals surface area contributed by atoms with E-state index < -0.39 is 12.0 Å². The Morgan fingerprint density at radius 1 is 1.67 bits per heavy atom. The third-order valence-corrected chi connectivity index (χ3v) is 1.52. The molecule has 4 nitrogen and oxygen atoms in total. The molecule has 0 heterocycles. The Morgan fingerprint density at radius 3 is 2.58 bits per heavy atom. The molecule has 0 aliphatic heterocycles. The van der Waals surface area contributed by atoms with Gasteiger partial charge in [-0.15, -0.1) is 0 Å². The van der Waals surface area contributed by atoms with Crippen molar-refractivity contribution in [3.8, 4) is 0 Å². The van der Waals surface area contributed by atoms with Gasteiger partial charge in [0.1, 0.15) is 12.1 Å². The lowest BCUT2D eigenvalue weighted by Gasteiger charge is -2.14. The molecular weight excluding hydrogens is 160 g/mol. The number of hydrogen-bond acceptors (Lipinski definition) is 4. The highest BCUT2D eigenvalue weighted by Crippen LogP contribution is 2.05. The topological polar surface area (TPSA) is 63.6 Å². The SMILES string of the molecule is COCC(C=O)C(O)CC(C)=O. The fraction of sp³-hybridized carbons (Fsp3) is 0.750. The third kappa shape index (κ3) is 4.20. The standard InChI is InChI=1S/C8H14O4/c1-6(10)3-8(11)7(4-9)5-12-2/h4,7-8,11H,3,5H2,1-2H3. The summed E-state index contributed by atoms with van der Waals surface area (Å²) < 4.78 is 4.70. The van der Waals surface area contributed by atoms with Crippen LogP contribution in [-0.2, 0) is 14.3 Å². The minimum Gasteiger partial charge on any atom is -0.392 e. The first-order valence-corrected chi connectivity index (χ1v) is 3.73. The molecule has 0 spiro atoms. The van der Waals surface area contributed by atoms with E-state index in [1.54, 1.807) is 0 Å². The summed E-state index contributed by atoms with van der Waals surface area (Å²) >= 11 is 0. The highest BCUT2D eigenvalue weighted by atomic mass is 16.5. The zero-order chi connectivity index (χ0) is 9.56. The van der Waals surface area contributed by atoms with E-state index in [9.17, 15) is 14.7 Å². The van der Waals surface area contributed by atoms with Crippen LogP contribution in [0.5, 0.6) is 0 Å². The molecule has 0 saturated heterocycles. The Morgan fingerprint density at radius 2 is 2.25 bits per heavy atom. The summed E-state index contributed by atoms with van der Waals surface area (Å²) in [6.45, 7) is 1.52. The van der Waals surface area contributed by atoms with Gasteiger partial charge in [-0.05, 0) is 6.92 Å². The minimum absolute atomic E-state index is 0.00671. The second kappa shape index (κ2) is 5.85. The van der Waals surface area contributed by atoms with Crippen LogP contribution in [0.15, 0.2) is 0 Å². The maximum Gasteiger partial charge on any atom is 0.132 e. The first-order chi connectivity index (χ1) is 5.61. The van der Waals surface area contributed by atoms with Gasteiger partial charge in [0, 0.05) is 13.5 Å². The number of aliphatic hydroxyl groups excluding tert-OH is 1. The molecule has 70 valence electrons. The molecule has 0 saturated carbocycles. The molecule has 0 fully saturated rings. The van der Waals surface area contributed by atoms with Gasteiger partial charge in [-0.1, -0.05) is 0 Å². The van der Waals surface area contributed by atoms with Crippen LogP contribution in [0, 0.1) is 5.92 Å². The fourth-order valence-corrected chi connectivity index (χ4v) is 0.879. The van der Waals surface area contributed by atoms with Crippen molar-refractivity contribution in [2.45, 2.75) is 19.4 Å². The summed E-state index contributed by atoms with van der Waals surface area (Å²) in [4.78, 5) is 20.9. The van der Waals surface area contributed by atoms with E-state index in [1.165, 1.54) is 14.0 Å². The summed E-state index contributed by atoms with van der Waals surface area (Å²) in [6.07, 6.45) is -0.302. The lowest BCUT2D eigenvalue weighted by atomic mass is 10.0. The van der Waals surface area contributed by atoms with E-state index in [-0.39, 0.29) is 18.8 Å². The van der Waals surface area contributed by atoms with Crippen molar-refractivity contribution in [2.24, 2.45) is 5.92 Å². The molecule has 0 aliphatic carbocycles. The van der Waals surface area contributed by atoms with E-state index in [1.807, 2.05) is 0 Å². The number of ether oxygens (including phenoxy) is 1. The lowest BCUT2D eigenvalue weighted by molar-refractivity contribution is -0.122. The van der Waals surface area contributed by atoms with Crippen LogP contribution in [0.2, 0.25) is 0 Å². The number of hydrogen-bond donors (Lipinski definition) is 1.